The lowest BCUT2D eigenvalue weighted by Gasteiger charge is -2.19. The van der Waals surface area contributed by atoms with Crippen molar-refractivity contribution in [1.82, 2.24) is 4.57 Å². The maximum absolute atomic E-state index is 13.0. The molecule has 0 saturated carbocycles. The van der Waals surface area contributed by atoms with Crippen molar-refractivity contribution >= 4 is 28.6 Å². The number of benzene rings is 2. The van der Waals surface area contributed by atoms with Crippen LogP contribution in [0.1, 0.15) is 36.7 Å². The number of aliphatic hydroxyl groups is 1. The number of aromatic nitrogens is 2. The van der Waals surface area contributed by atoms with E-state index >= 15 is 0 Å². The zero-order chi connectivity index (χ0) is 19.2. The van der Waals surface area contributed by atoms with Crippen LogP contribution in [0.15, 0.2) is 53.7 Å². The van der Waals surface area contributed by atoms with E-state index < -0.39 is 0 Å². The molecule has 1 atom stereocenters. The highest BCUT2D eigenvalue weighted by Crippen LogP contribution is 2.27. The molecule has 4 nitrogen and oxygen atoms in total. The van der Waals surface area contributed by atoms with Crippen molar-refractivity contribution in [2.24, 2.45) is 0 Å². The third-order valence-corrected chi connectivity index (χ3v) is 6.35. The maximum atomic E-state index is 13.0. The van der Waals surface area contributed by atoms with Gasteiger partial charge in [0.15, 0.2) is 17.6 Å². The molecule has 0 bridgehead atoms. The highest BCUT2D eigenvalue weighted by Gasteiger charge is 2.32. The topological polar surface area (TPSA) is 46.1 Å². The standard InChI is InChI=1S/C22H25N2O2S/c1-22(2,3)16-10-8-15(9-11-16)20(26)13-24-19-7-5-4-6-18(19)23-12-17(25)14-27-21(23)24/h4-11,17,25H,12-14H2,1-3H3/q+1/t17-/m0/s1. The number of thioether (sulfide) groups is 1. The number of hydrogen-bond acceptors (Lipinski definition) is 3. The monoisotopic (exact) mass is 381 g/mol. The SMILES string of the molecule is CC(C)(C)c1ccc(C(=O)Cn2c3[n+](c4ccccc42)C[C@H](O)CS3)cc1. The van der Waals surface area contributed by atoms with Gasteiger partial charge in [0.05, 0.1) is 0 Å². The Kier molecular flexibility index (Phi) is 4.60. The van der Waals surface area contributed by atoms with E-state index in [0.717, 1.165) is 21.8 Å². The molecule has 0 aliphatic carbocycles. The van der Waals surface area contributed by atoms with Crippen LogP contribution >= 0.6 is 11.8 Å². The van der Waals surface area contributed by atoms with Crippen LogP contribution in [0.25, 0.3) is 11.0 Å². The summed E-state index contributed by atoms with van der Waals surface area (Å²) < 4.78 is 4.22. The molecule has 140 valence electrons. The molecule has 1 aliphatic rings. The van der Waals surface area contributed by atoms with E-state index in [1.54, 1.807) is 11.8 Å². The minimum absolute atomic E-state index is 0.0748. The zero-order valence-corrected chi connectivity index (χ0v) is 16.8. The fourth-order valence-corrected chi connectivity index (χ4v) is 4.68. The summed E-state index contributed by atoms with van der Waals surface area (Å²) in [5.41, 5.74) is 4.14. The van der Waals surface area contributed by atoms with Gasteiger partial charge in [-0.1, -0.05) is 57.2 Å². The summed E-state index contributed by atoms with van der Waals surface area (Å²) in [6.07, 6.45) is -0.354. The predicted molar refractivity (Wildman–Crippen MR) is 108 cm³/mol. The molecule has 0 saturated heterocycles. The van der Waals surface area contributed by atoms with Gasteiger partial charge >= 0.3 is 5.16 Å². The molecule has 0 amide bonds. The Hall–Kier alpha value is -2.11. The molecule has 0 unspecified atom stereocenters. The van der Waals surface area contributed by atoms with Crippen molar-refractivity contribution in [2.75, 3.05) is 5.75 Å². The number of aliphatic hydroxyl groups excluding tert-OH is 1. The Bertz CT molecular complexity index is 1000. The van der Waals surface area contributed by atoms with Crippen LogP contribution in [0.5, 0.6) is 0 Å². The first-order chi connectivity index (χ1) is 12.8. The molecule has 5 heteroatoms. The number of carbonyl (C=O) groups excluding carboxylic acids is 1. The molecular formula is C22H25N2O2S+. The Morgan fingerprint density at radius 1 is 1.19 bits per heavy atom. The van der Waals surface area contributed by atoms with Gasteiger partial charge in [0.2, 0.25) is 5.78 Å². The summed E-state index contributed by atoms with van der Waals surface area (Å²) in [6, 6.07) is 16.1. The number of carbonyl (C=O) groups is 1. The Balaban J connectivity index is 1.69. The molecular weight excluding hydrogens is 356 g/mol. The van der Waals surface area contributed by atoms with Crippen molar-refractivity contribution < 1.29 is 14.5 Å². The number of hydrogen-bond donors (Lipinski definition) is 1. The summed E-state index contributed by atoms with van der Waals surface area (Å²) in [7, 11) is 0. The van der Waals surface area contributed by atoms with Gasteiger partial charge in [-0.2, -0.15) is 0 Å². The zero-order valence-electron chi connectivity index (χ0n) is 16.0. The van der Waals surface area contributed by atoms with Crippen LogP contribution in [0, 0.1) is 0 Å². The average molecular weight is 382 g/mol. The van der Waals surface area contributed by atoms with Crippen LogP contribution in [0.4, 0.5) is 0 Å². The van der Waals surface area contributed by atoms with Gasteiger partial charge in [0, 0.05) is 11.3 Å². The van der Waals surface area contributed by atoms with E-state index in [4.69, 9.17) is 0 Å². The largest absolute Gasteiger partial charge is 0.388 e. The molecule has 27 heavy (non-hydrogen) atoms. The maximum Gasteiger partial charge on any atom is 0.319 e. The lowest BCUT2D eigenvalue weighted by molar-refractivity contribution is -0.717. The van der Waals surface area contributed by atoms with Crippen molar-refractivity contribution in [3.8, 4) is 0 Å². The van der Waals surface area contributed by atoms with Crippen molar-refractivity contribution in [3.63, 3.8) is 0 Å². The first-order valence-electron chi connectivity index (χ1n) is 9.30. The summed E-state index contributed by atoms with van der Waals surface area (Å²) in [6.45, 7) is 7.39. The quantitative estimate of drug-likeness (QED) is 0.557. The molecule has 0 fully saturated rings. The van der Waals surface area contributed by atoms with E-state index in [2.05, 4.69) is 48.1 Å². The number of nitrogens with zero attached hydrogens (tertiary/aromatic N) is 2. The number of para-hydroxylation sites is 2. The predicted octanol–water partition coefficient (Wildman–Crippen LogP) is 3.58. The van der Waals surface area contributed by atoms with Gasteiger partial charge in [0.1, 0.15) is 12.6 Å². The average Bonchev–Trinajstić information content (AvgIpc) is 2.94. The highest BCUT2D eigenvalue weighted by molar-refractivity contribution is 7.99. The van der Waals surface area contributed by atoms with Gasteiger partial charge in [-0.25, -0.2) is 9.13 Å². The molecule has 1 N–H and O–H groups in total. The Morgan fingerprint density at radius 3 is 2.59 bits per heavy atom. The van der Waals surface area contributed by atoms with Crippen LogP contribution in [0.3, 0.4) is 0 Å². The molecule has 4 rings (SSSR count). The number of fused-ring (bicyclic) bond motifs is 3. The number of imidazole rings is 1. The van der Waals surface area contributed by atoms with E-state index in [0.29, 0.717) is 18.8 Å². The molecule has 1 aromatic heterocycles. The third-order valence-electron chi connectivity index (χ3n) is 5.10. The second kappa shape index (κ2) is 6.80. The molecule has 1 aliphatic heterocycles. The van der Waals surface area contributed by atoms with Crippen LogP contribution < -0.4 is 4.57 Å². The summed E-state index contributed by atoms with van der Waals surface area (Å²) in [5, 5.41) is 11.1. The van der Waals surface area contributed by atoms with Crippen molar-refractivity contribution in [3.05, 3.63) is 59.7 Å². The number of ketones is 1. The fourth-order valence-electron chi connectivity index (χ4n) is 3.58. The van der Waals surface area contributed by atoms with Crippen LogP contribution in [-0.4, -0.2) is 27.3 Å². The van der Waals surface area contributed by atoms with E-state index in [9.17, 15) is 9.90 Å². The highest BCUT2D eigenvalue weighted by atomic mass is 32.2. The first-order valence-corrected chi connectivity index (χ1v) is 10.3. The lowest BCUT2D eigenvalue weighted by atomic mass is 9.86. The lowest BCUT2D eigenvalue weighted by Crippen LogP contribution is -2.45. The smallest absolute Gasteiger partial charge is 0.319 e. The van der Waals surface area contributed by atoms with Crippen LogP contribution in [0.2, 0.25) is 0 Å². The van der Waals surface area contributed by atoms with Crippen molar-refractivity contribution in [1.29, 1.82) is 0 Å². The minimum Gasteiger partial charge on any atom is -0.388 e. The summed E-state index contributed by atoms with van der Waals surface area (Å²) in [4.78, 5) is 13.0. The Labute approximate surface area is 163 Å². The second-order valence-corrected chi connectivity index (χ2v) is 9.17. The Morgan fingerprint density at radius 2 is 1.89 bits per heavy atom. The van der Waals surface area contributed by atoms with Gasteiger partial charge in [-0.3, -0.25) is 4.79 Å². The molecule has 0 spiro atoms. The summed E-state index contributed by atoms with van der Waals surface area (Å²) in [5.74, 6) is 0.761. The molecule has 0 radical (unpaired) electrons. The van der Waals surface area contributed by atoms with E-state index in [-0.39, 0.29) is 17.3 Å². The summed E-state index contributed by atoms with van der Waals surface area (Å²) >= 11 is 1.62. The van der Waals surface area contributed by atoms with Crippen LogP contribution in [-0.2, 0) is 18.5 Å². The van der Waals surface area contributed by atoms with Gasteiger partial charge in [-0.15, -0.1) is 0 Å². The van der Waals surface area contributed by atoms with E-state index in [1.807, 2.05) is 30.3 Å². The third kappa shape index (κ3) is 3.42. The van der Waals surface area contributed by atoms with Gasteiger partial charge in [-0.05, 0) is 34.9 Å². The van der Waals surface area contributed by atoms with Gasteiger partial charge < -0.3 is 5.11 Å². The van der Waals surface area contributed by atoms with Gasteiger partial charge in [0.25, 0.3) is 0 Å². The van der Waals surface area contributed by atoms with E-state index in [1.165, 1.54) is 5.56 Å². The molecule has 2 heterocycles. The second-order valence-electron chi connectivity index (χ2n) is 8.18. The number of Topliss-reactive ketones (excluding diaryl/α,β-unsaturated/α-hetero) is 1. The normalized spacial score (nSPS) is 17.1. The minimum atomic E-state index is -0.354. The number of rotatable bonds is 3. The molecule has 2 aromatic carbocycles. The van der Waals surface area contributed by atoms with Crippen molar-refractivity contribution in [2.45, 2.75) is 50.5 Å². The fraction of sp³-hybridized carbons (Fsp3) is 0.364. The first kappa shape index (κ1) is 18.3. The molecule has 3 aromatic rings.